The maximum Gasteiger partial charge on any atom is 0.435 e. The number of halogens is 3. The van der Waals surface area contributed by atoms with Gasteiger partial charge in [-0.1, -0.05) is 60.2 Å². The first-order valence-electron chi connectivity index (χ1n) is 13.2. The lowest BCUT2D eigenvalue weighted by Gasteiger charge is -2.22. The van der Waals surface area contributed by atoms with Crippen molar-refractivity contribution in [2.24, 2.45) is 0 Å². The van der Waals surface area contributed by atoms with E-state index in [2.05, 4.69) is 22.5 Å². The van der Waals surface area contributed by atoms with Gasteiger partial charge in [0, 0.05) is 23.0 Å². The topological polar surface area (TPSA) is 59.8 Å². The molecule has 8 heteroatoms. The first kappa shape index (κ1) is 26.7. The maximum absolute atomic E-state index is 13.7. The molecule has 0 unspecified atom stereocenters. The number of fused-ring (bicyclic) bond motifs is 1. The Morgan fingerprint density at radius 3 is 2.51 bits per heavy atom. The number of nitrogens with zero attached hydrogens (tertiary/aromatic N) is 3. The Hall–Kier alpha value is -3.94. The van der Waals surface area contributed by atoms with Crippen LogP contribution < -0.4 is 5.32 Å². The Morgan fingerprint density at radius 2 is 1.77 bits per heavy atom. The molecule has 0 spiro atoms. The summed E-state index contributed by atoms with van der Waals surface area (Å²) in [7, 11) is 0. The van der Waals surface area contributed by atoms with Gasteiger partial charge in [0.05, 0.1) is 11.7 Å². The molecule has 2 aromatic carbocycles. The summed E-state index contributed by atoms with van der Waals surface area (Å²) in [6.07, 6.45) is -0.0897. The molecule has 1 N–H and O–H groups in total. The Bertz CT molecular complexity index is 1480. The number of hydrogen-bond donors (Lipinski definition) is 1. The standard InChI is InChI=1S/C31H31F3N4O/c1-20-14-15-23(21(2)17-20)24-12-8-16-35-29(24)26(18-22-9-4-3-5-10-22)36-28(39)19-38-27-13-7-6-11-25(27)30(37-38)31(32,33)34/h3-5,8-10,12,14-17,26H,6-7,11,13,18-19H2,1-2H3,(H,36,39)/t26-/m1/s1. The number of aryl methyl sites for hydroxylation is 2. The monoisotopic (exact) mass is 532 g/mol. The van der Waals surface area contributed by atoms with Crippen molar-refractivity contribution in [3.8, 4) is 11.1 Å². The summed E-state index contributed by atoms with van der Waals surface area (Å²) >= 11 is 0. The number of alkyl halides is 3. The van der Waals surface area contributed by atoms with Crippen molar-refractivity contribution in [3.05, 3.63) is 106 Å². The quantitative estimate of drug-likeness (QED) is 0.293. The van der Waals surface area contributed by atoms with E-state index in [4.69, 9.17) is 4.98 Å². The summed E-state index contributed by atoms with van der Waals surface area (Å²) < 4.78 is 42.3. The van der Waals surface area contributed by atoms with Gasteiger partial charge >= 0.3 is 6.18 Å². The molecule has 1 aliphatic carbocycles. The normalized spacial score (nSPS) is 14.1. The average Bonchev–Trinajstić information content (AvgIpc) is 3.28. The van der Waals surface area contributed by atoms with E-state index in [1.54, 1.807) is 6.20 Å². The van der Waals surface area contributed by atoms with Gasteiger partial charge in [-0.3, -0.25) is 14.5 Å². The summed E-state index contributed by atoms with van der Waals surface area (Å²) in [5, 5.41) is 6.95. The van der Waals surface area contributed by atoms with Gasteiger partial charge in [0.25, 0.3) is 0 Å². The highest BCUT2D eigenvalue weighted by Crippen LogP contribution is 2.36. The number of carbonyl (C=O) groups is 1. The number of nitrogens with one attached hydrogen (secondary N) is 1. The van der Waals surface area contributed by atoms with E-state index in [1.165, 1.54) is 4.68 Å². The van der Waals surface area contributed by atoms with Crippen LogP contribution in [0.4, 0.5) is 13.2 Å². The second-order valence-corrected chi connectivity index (χ2v) is 10.2. The SMILES string of the molecule is Cc1ccc(-c2cccnc2[C@@H](Cc2ccccc2)NC(=O)Cn2nc(C(F)(F)F)c3c2CCCC3)c(C)c1. The van der Waals surface area contributed by atoms with Crippen molar-refractivity contribution in [1.29, 1.82) is 0 Å². The third-order valence-electron chi connectivity index (χ3n) is 7.28. The maximum atomic E-state index is 13.7. The minimum absolute atomic E-state index is 0.226. The van der Waals surface area contributed by atoms with Crippen LogP contribution in [0.15, 0.2) is 66.9 Å². The van der Waals surface area contributed by atoms with Crippen molar-refractivity contribution in [2.75, 3.05) is 0 Å². The Morgan fingerprint density at radius 1 is 1.00 bits per heavy atom. The van der Waals surface area contributed by atoms with Crippen LogP contribution in [0.5, 0.6) is 0 Å². The Kier molecular flexibility index (Phi) is 7.55. The van der Waals surface area contributed by atoms with Gasteiger partial charge < -0.3 is 5.32 Å². The van der Waals surface area contributed by atoms with Gasteiger partial charge in [-0.15, -0.1) is 0 Å². The third kappa shape index (κ3) is 5.90. The number of hydrogen-bond acceptors (Lipinski definition) is 3. The van der Waals surface area contributed by atoms with Crippen molar-refractivity contribution < 1.29 is 18.0 Å². The predicted molar refractivity (Wildman–Crippen MR) is 144 cm³/mol. The van der Waals surface area contributed by atoms with Crippen LogP contribution in [0, 0.1) is 13.8 Å². The van der Waals surface area contributed by atoms with Crippen LogP contribution in [0.2, 0.25) is 0 Å². The van der Waals surface area contributed by atoms with Crippen molar-refractivity contribution in [1.82, 2.24) is 20.1 Å². The Balaban J connectivity index is 1.48. The lowest BCUT2D eigenvalue weighted by atomic mass is 9.92. The van der Waals surface area contributed by atoms with Gasteiger partial charge in [-0.25, -0.2) is 0 Å². The van der Waals surface area contributed by atoms with E-state index in [0.29, 0.717) is 37.1 Å². The second-order valence-electron chi connectivity index (χ2n) is 10.2. The summed E-state index contributed by atoms with van der Waals surface area (Å²) in [5.74, 6) is -0.405. The molecule has 5 nitrogen and oxygen atoms in total. The van der Waals surface area contributed by atoms with Gasteiger partial charge in [-0.2, -0.15) is 18.3 Å². The molecular weight excluding hydrogens is 501 g/mol. The molecule has 1 atom stereocenters. The minimum atomic E-state index is -4.55. The average molecular weight is 533 g/mol. The number of pyridine rings is 1. The van der Waals surface area contributed by atoms with Crippen molar-refractivity contribution in [3.63, 3.8) is 0 Å². The number of carbonyl (C=O) groups excluding carboxylic acids is 1. The highest BCUT2D eigenvalue weighted by molar-refractivity contribution is 5.77. The lowest BCUT2D eigenvalue weighted by Crippen LogP contribution is -2.34. The zero-order valence-electron chi connectivity index (χ0n) is 22.1. The third-order valence-corrected chi connectivity index (χ3v) is 7.28. The molecule has 2 aromatic heterocycles. The molecule has 0 fully saturated rings. The van der Waals surface area contributed by atoms with E-state index in [-0.39, 0.29) is 12.1 Å². The minimum Gasteiger partial charge on any atom is -0.346 e. The molecule has 0 saturated carbocycles. The lowest BCUT2D eigenvalue weighted by molar-refractivity contribution is -0.142. The molecule has 39 heavy (non-hydrogen) atoms. The zero-order chi connectivity index (χ0) is 27.6. The van der Waals surface area contributed by atoms with E-state index < -0.39 is 23.8 Å². The fourth-order valence-corrected chi connectivity index (χ4v) is 5.51. The zero-order valence-corrected chi connectivity index (χ0v) is 22.1. The molecule has 1 aliphatic rings. The largest absolute Gasteiger partial charge is 0.435 e. The van der Waals surface area contributed by atoms with Crippen molar-refractivity contribution >= 4 is 5.91 Å². The van der Waals surface area contributed by atoms with E-state index in [1.807, 2.05) is 62.4 Å². The van der Waals surface area contributed by atoms with Crippen LogP contribution in [-0.4, -0.2) is 20.7 Å². The highest BCUT2D eigenvalue weighted by Gasteiger charge is 2.39. The van der Waals surface area contributed by atoms with Gasteiger partial charge in [0.1, 0.15) is 6.54 Å². The van der Waals surface area contributed by atoms with Crippen LogP contribution in [0.25, 0.3) is 11.1 Å². The number of benzene rings is 2. The van der Waals surface area contributed by atoms with E-state index >= 15 is 0 Å². The Labute approximate surface area is 226 Å². The van der Waals surface area contributed by atoms with Crippen LogP contribution in [0.3, 0.4) is 0 Å². The predicted octanol–water partition coefficient (Wildman–Crippen LogP) is 6.56. The highest BCUT2D eigenvalue weighted by atomic mass is 19.4. The van der Waals surface area contributed by atoms with Crippen LogP contribution >= 0.6 is 0 Å². The fraction of sp³-hybridized carbons (Fsp3) is 0.323. The molecule has 2 heterocycles. The summed E-state index contributed by atoms with van der Waals surface area (Å²) in [4.78, 5) is 18.1. The molecule has 1 amide bonds. The first-order chi connectivity index (χ1) is 18.7. The van der Waals surface area contributed by atoms with Crippen molar-refractivity contribution in [2.45, 2.75) is 64.7 Å². The number of rotatable bonds is 7. The summed E-state index contributed by atoms with van der Waals surface area (Å²) in [5.41, 5.74) is 5.76. The van der Waals surface area contributed by atoms with Crippen LogP contribution in [0.1, 0.15) is 58.2 Å². The molecule has 5 rings (SSSR count). The summed E-state index contributed by atoms with van der Waals surface area (Å²) in [6, 6.07) is 19.3. The van der Waals surface area contributed by atoms with E-state index in [9.17, 15) is 18.0 Å². The molecule has 0 bridgehead atoms. The molecule has 0 radical (unpaired) electrons. The molecule has 0 aliphatic heterocycles. The molecular formula is C31H31F3N4O. The van der Waals surface area contributed by atoms with Crippen LogP contribution in [-0.2, 0) is 36.8 Å². The summed E-state index contributed by atoms with van der Waals surface area (Å²) in [6.45, 7) is 3.80. The fourth-order valence-electron chi connectivity index (χ4n) is 5.51. The van der Waals surface area contributed by atoms with Gasteiger partial charge in [0.15, 0.2) is 5.69 Å². The number of amides is 1. The van der Waals surface area contributed by atoms with E-state index in [0.717, 1.165) is 34.2 Å². The number of aromatic nitrogens is 3. The van der Waals surface area contributed by atoms with Gasteiger partial charge in [-0.05, 0) is 68.7 Å². The molecule has 0 saturated heterocycles. The second kappa shape index (κ2) is 11.0. The first-order valence-corrected chi connectivity index (χ1v) is 13.2. The smallest absolute Gasteiger partial charge is 0.346 e. The molecule has 202 valence electrons. The van der Waals surface area contributed by atoms with Gasteiger partial charge in [0.2, 0.25) is 5.91 Å². The molecule has 4 aromatic rings.